The van der Waals surface area contributed by atoms with Gasteiger partial charge in [0.05, 0.1) is 8.58 Å². The molecule has 0 bridgehead atoms. The molecule has 1 aliphatic carbocycles. The SMILES string of the molecule is [2H]c1c([2H])c(Br)c(O)c(C2CC2)c1[2H]. The average Bonchev–Trinajstić information content (AvgIpc) is 2.96. The monoisotopic (exact) mass is 215 g/mol. The zero-order valence-corrected chi connectivity index (χ0v) is 7.40. The van der Waals surface area contributed by atoms with E-state index in [1.807, 2.05) is 0 Å². The molecule has 1 saturated carbocycles. The summed E-state index contributed by atoms with van der Waals surface area (Å²) in [6, 6.07) is -0.230. The van der Waals surface area contributed by atoms with Crippen molar-refractivity contribution in [1.82, 2.24) is 0 Å². The highest BCUT2D eigenvalue weighted by Gasteiger charge is 2.26. The molecule has 0 heterocycles. The Bertz CT molecular complexity index is 373. The van der Waals surface area contributed by atoms with Gasteiger partial charge in [-0.05, 0) is 46.3 Å². The lowest BCUT2D eigenvalue weighted by Gasteiger charge is -2.02. The fraction of sp³-hybridized carbons (Fsp3) is 0.333. The number of phenols is 1. The van der Waals surface area contributed by atoms with E-state index in [1.54, 1.807) is 0 Å². The molecular weight excluding hydrogens is 204 g/mol. The van der Waals surface area contributed by atoms with Gasteiger partial charge in [0.25, 0.3) is 0 Å². The van der Waals surface area contributed by atoms with E-state index in [1.165, 1.54) is 0 Å². The second-order valence-corrected chi connectivity index (χ2v) is 3.52. The minimum absolute atomic E-state index is 0.00167. The lowest BCUT2D eigenvalue weighted by atomic mass is 10.1. The molecule has 2 rings (SSSR count). The van der Waals surface area contributed by atoms with Gasteiger partial charge in [-0.3, -0.25) is 0 Å². The van der Waals surface area contributed by atoms with Gasteiger partial charge in [-0.25, -0.2) is 0 Å². The average molecular weight is 216 g/mol. The third kappa shape index (κ3) is 1.27. The van der Waals surface area contributed by atoms with Gasteiger partial charge in [0.2, 0.25) is 0 Å². The molecule has 1 N–H and O–H groups in total. The van der Waals surface area contributed by atoms with Gasteiger partial charge in [0.1, 0.15) is 5.75 Å². The molecule has 1 aliphatic rings. The molecule has 0 amide bonds. The molecular formula is C9H9BrO. The van der Waals surface area contributed by atoms with Crippen LogP contribution in [0.25, 0.3) is 0 Å². The standard InChI is InChI=1S/C9H9BrO/c10-8-3-1-2-7(9(8)11)6-4-5-6/h1-3,6,11H,4-5H2/i1D,2D,3D. The van der Waals surface area contributed by atoms with Crippen molar-refractivity contribution in [2.75, 3.05) is 0 Å². The molecule has 58 valence electrons. The summed E-state index contributed by atoms with van der Waals surface area (Å²) < 4.78 is 22.9. The van der Waals surface area contributed by atoms with Gasteiger partial charge in [0.15, 0.2) is 0 Å². The number of benzene rings is 1. The van der Waals surface area contributed by atoms with Crippen LogP contribution < -0.4 is 0 Å². The van der Waals surface area contributed by atoms with E-state index in [0.29, 0.717) is 5.56 Å². The van der Waals surface area contributed by atoms with E-state index >= 15 is 0 Å². The summed E-state index contributed by atoms with van der Waals surface area (Å²) in [5.74, 6) is 0.182. The third-order valence-corrected chi connectivity index (χ3v) is 2.39. The number of aromatic hydroxyl groups is 1. The Hall–Kier alpha value is -0.500. The maximum atomic E-state index is 9.72. The lowest BCUT2D eigenvalue weighted by molar-refractivity contribution is 0.465. The summed E-state index contributed by atoms with van der Waals surface area (Å²) in [4.78, 5) is 0. The van der Waals surface area contributed by atoms with Crippen LogP contribution >= 0.6 is 15.9 Å². The smallest absolute Gasteiger partial charge is 0.133 e. The highest BCUT2D eigenvalue weighted by molar-refractivity contribution is 9.10. The fourth-order valence-corrected chi connectivity index (χ4v) is 1.37. The van der Waals surface area contributed by atoms with E-state index in [2.05, 4.69) is 15.9 Å². The number of hydrogen-bond donors (Lipinski definition) is 1. The van der Waals surface area contributed by atoms with Crippen molar-refractivity contribution in [2.45, 2.75) is 18.8 Å². The van der Waals surface area contributed by atoms with Crippen LogP contribution in [-0.2, 0) is 0 Å². The predicted octanol–water partition coefficient (Wildman–Crippen LogP) is 3.03. The first kappa shape index (κ1) is 4.51. The predicted molar refractivity (Wildman–Crippen MR) is 47.8 cm³/mol. The Morgan fingerprint density at radius 1 is 1.55 bits per heavy atom. The van der Waals surface area contributed by atoms with Crippen molar-refractivity contribution in [3.63, 3.8) is 0 Å². The Morgan fingerprint density at radius 3 is 2.91 bits per heavy atom. The molecule has 2 heteroatoms. The Labute approximate surface area is 78.4 Å². The summed E-state index contributed by atoms with van der Waals surface area (Å²) in [6.07, 6.45) is 1.92. The normalized spacial score (nSPS) is 20.6. The molecule has 11 heavy (non-hydrogen) atoms. The third-order valence-electron chi connectivity index (χ3n) is 1.82. The van der Waals surface area contributed by atoms with Crippen LogP contribution in [-0.4, -0.2) is 5.11 Å². The highest BCUT2D eigenvalue weighted by Crippen LogP contribution is 2.45. The maximum Gasteiger partial charge on any atom is 0.133 e. The van der Waals surface area contributed by atoms with Crippen molar-refractivity contribution in [3.8, 4) is 5.75 Å². The summed E-state index contributed by atoms with van der Waals surface area (Å²) in [5, 5.41) is 9.72. The minimum atomic E-state index is -0.114. The van der Waals surface area contributed by atoms with Crippen LogP contribution in [0.5, 0.6) is 5.75 Å². The first-order chi connectivity index (χ1) is 6.54. The number of hydrogen-bond acceptors (Lipinski definition) is 1. The summed E-state index contributed by atoms with van der Waals surface area (Å²) in [7, 11) is 0. The van der Waals surface area contributed by atoms with E-state index in [0.717, 1.165) is 12.8 Å². The molecule has 0 radical (unpaired) electrons. The van der Waals surface area contributed by atoms with Gasteiger partial charge < -0.3 is 5.11 Å². The maximum absolute atomic E-state index is 9.72. The van der Waals surface area contributed by atoms with Gasteiger partial charge >= 0.3 is 0 Å². The molecule has 0 aromatic heterocycles. The van der Waals surface area contributed by atoms with Gasteiger partial charge in [-0.2, -0.15) is 0 Å². The van der Waals surface area contributed by atoms with E-state index in [4.69, 9.17) is 4.11 Å². The number of phenolic OH excluding ortho intramolecular Hbond substituents is 1. The first-order valence-electron chi connectivity index (χ1n) is 5.02. The van der Waals surface area contributed by atoms with E-state index in [-0.39, 0.29) is 34.3 Å². The zero-order chi connectivity index (χ0) is 10.5. The van der Waals surface area contributed by atoms with Crippen LogP contribution in [0, 0.1) is 0 Å². The van der Waals surface area contributed by atoms with Gasteiger partial charge in [0, 0.05) is 0 Å². The quantitative estimate of drug-likeness (QED) is 0.764. The second kappa shape index (κ2) is 2.52. The molecule has 0 saturated heterocycles. The summed E-state index contributed by atoms with van der Waals surface area (Å²) in [6.45, 7) is 0. The molecule has 0 atom stereocenters. The molecule has 1 fully saturated rings. The van der Waals surface area contributed by atoms with Crippen LogP contribution in [0.4, 0.5) is 0 Å². The summed E-state index contributed by atoms with van der Waals surface area (Å²) >= 11 is 3.07. The van der Waals surface area contributed by atoms with Crippen LogP contribution in [0.3, 0.4) is 0 Å². The first-order valence-corrected chi connectivity index (χ1v) is 4.31. The van der Waals surface area contributed by atoms with Crippen molar-refractivity contribution >= 4 is 15.9 Å². The molecule has 0 spiro atoms. The van der Waals surface area contributed by atoms with Crippen LogP contribution in [0.15, 0.2) is 22.6 Å². The van der Waals surface area contributed by atoms with Crippen LogP contribution in [0.2, 0.25) is 0 Å². The Morgan fingerprint density at radius 2 is 2.27 bits per heavy atom. The Kier molecular flexibility index (Phi) is 1.03. The second-order valence-electron chi connectivity index (χ2n) is 2.73. The highest BCUT2D eigenvalue weighted by atomic mass is 79.9. The van der Waals surface area contributed by atoms with Crippen LogP contribution in [0.1, 0.15) is 28.4 Å². The van der Waals surface area contributed by atoms with E-state index in [9.17, 15) is 5.11 Å². The molecule has 0 aliphatic heterocycles. The van der Waals surface area contributed by atoms with Crippen molar-refractivity contribution in [3.05, 3.63) is 28.2 Å². The topological polar surface area (TPSA) is 20.2 Å². The van der Waals surface area contributed by atoms with Gasteiger partial charge in [-0.15, -0.1) is 0 Å². The molecule has 1 nitrogen and oxygen atoms in total. The fourth-order valence-electron chi connectivity index (χ4n) is 1.06. The van der Waals surface area contributed by atoms with Crippen molar-refractivity contribution in [2.24, 2.45) is 0 Å². The number of rotatable bonds is 1. The van der Waals surface area contributed by atoms with Crippen molar-refractivity contribution in [1.29, 1.82) is 0 Å². The van der Waals surface area contributed by atoms with E-state index < -0.39 is 0 Å². The molecule has 1 aromatic carbocycles. The molecule has 1 aromatic rings. The molecule has 0 unspecified atom stereocenters. The van der Waals surface area contributed by atoms with Crippen molar-refractivity contribution < 1.29 is 9.22 Å². The van der Waals surface area contributed by atoms with Gasteiger partial charge in [-0.1, -0.05) is 12.1 Å². The number of halogens is 1. The lowest BCUT2D eigenvalue weighted by Crippen LogP contribution is -1.80. The Balaban J connectivity index is 2.69. The summed E-state index contributed by atoms with van der Waals surface area (Å²) in [5.41, 5.74) is 0.526. The largest absolute Gasteiger partial charge is 0.506 e. The minimum Gasteiger partial charge on any atom is -0.506 e. The zero-order valence-electron chi connectivity index (χ0n) is 8.82. The number of para-hydroxylation sites is 1.